The average Bonchev–Trinajstić information content (AvgIpc) is 3.58. The number of anilines is 3. The quantitative estimate of drug-likeness (QED) is 0.511. The molecule has 4 heterocycles. The van der Waals surface area contributed by atoms with Crippen molar-refractivity contribution in [2.45, 2.75) is 70.4 Å². The number of hydrogen-bond donors (Lipinski definition) is 2. The van der Waals surface area contributed by atoms with E-state index in [1.54, 1.807) is 6.20 Å². The summed E-state index contributed by atoms with van der Waals surface area (Å²) in [6.07, 6.45) is 11.8. The summed E-state index contributed by atoms with van der Waals surface area (Å²) >= 11 is 1.45. The van der Waals surface area contributed by atoms with Crippen LogP contribution in [-0.2, 0) is 4.79 Å². The van der Waals surface area contributed by atoms with Crippen LogP contribution in [0.4, 0.5) is 16.1 Å². The molecule has 1 unspecified atom stereocenters. The van der Waals surface area contributed by atoms with Crippen LogP contribution in [-0.4, -0.2) is 94.0 Å². The monoisotopic (exact) mass is 551 g/mol. The molecule has 3 atom stereocenters. The molecule has 6 fully saturated rings. The Morgan fingerprint density at radius 3 is 2.74 bits per heavy atom. The van der Waals surface area contributed by atoms with Crippen LogP contribution < -0.4 is 15.5 Å². The molecule has 10 nitrogen and oxygen atoms in total. The lowest BCUT2D eigenvalue weighted by atomic mass is 9.41. The SMILES string of the molecule is CCN1CCN([C@H](C(=O)Nc2nnc(N[C@@H]3CCN(c4cccnn4)C3)s2)C23CCCC4(CC(C4)C2)C3)CC1. The van der Waals surface area contributed by atoms with Gasteiger partial charge in [-0.15, -0.1) is 15.3 Å². The molecule has 11 heteroatoms. The molecule has 8 rings (SSSR count). The molecule has 2 aromatic rings. The Kier molecular flexibility index (Phi) is 6.71. The first-order valence-electron chi connectivity index (χ1n) is 14.9. The molecule has 2 N–H and O–H groups in total. The first-order valence-corrected chi connectivity index (χ1v) is 15.7. The van der Waals surface area contributed by atoms with Gasteiger partial charge in [0.05, 0.1) is 6.04 Å². The van der Waals surface area contributed by atoms with Crippen molar-refractivity contribution in [1.82, 2.24) is 30.2 Å². The highest BCUT2D eigenvalue weighted by atomic mass is 32.1. The van der Waals surface area contributed by atoms with Gasteiger partial charge in [-0.1, -0.05) is 24.7 Å². The van der Waals surface area contributed by atoms with Crippen molar-refractivity contribution in [3.63, 3.8) is 0 Å². The van der Waals surface area contributed by atoms with E-state index in [0.717, 1.165) is 69.1 Å². The minimum atomic E-state index is -0.0741. The number of nitrogens with one attached hydrogen (secondary N) is 2. The van der Waals surface area contributed by atoms with Gasteiger partial charge in [-0.25, -0.2) is 0 Å². The summed E-state index contributed by atoms with van der Waals surface area (Å²) in [7, 11) is 0. The molecule has 4 saturated carbocycles. The zero-order chi connectivity index (χ0) is 26.5. The van der Waals surface area contributed by atoms with Crippen LogP contribution in [0.2, 0.25) is 0 Å². The molecule has 39 heavy (non-hydrogen) atoms. The van der Waals surface area contributed by atoms with Crippen molar-refractivity contribution in [2.24, 2.45) is 16.7 Å². The molecule has 2 aromatic heterocycles. The van der Waals surface area contributed by atoms with Crippen LogP contribution >= 0.6 is 11.3 Å². The van der Waals surface area contributed by atoms with Crippen molar-refractivity contribution in [3.8, 4) is 0 Å². The fourth-order valence-corrected chi connectivity index (χ4v) is 9.61. The maximum atomic E-state index is 14.2. The Hall–Kier alpha value is -2.37. The third-order valence-electron chi connectivity index (χ3n) is 10.3. The standard InChI is InChI=1S/C28H41N9OS/c1-2-35-11-13-36(14-12-35)23(28-8-4-7-27(19-28)15-20(16-27)17-28)24(38)31-26-34-33-25(39-26)30-21-6-10-37(18-21)22-5-3-9-29-32-22/h3,5,9,20-21,23H,2,4,6-8,10-19H2,1H3,(H,30,33)(H,31,34,38)/t20?,21-,23-,27?,28?/m1/s1. The summed E-state index contributed by atoms with van der Waals surface area (Å²) in [6, 6.07) is 4.10. The second kappa shape index (κ2) is 10.2. The van der Waals surface area contributed by atoms with E-state index in [1.165, 1.54) is 56.3 Å². The molecular formula is C28H41N9OS. The second-order valence-corrected chi connectivity index (χ2v) is 13.8. The maximum absolute atomic E-state index is 14.2. The minimum absolute atomic E-state index is 0.0741. The fraction of sp³-hybridized carbons (Fsp3) is 0.750. The van der Waals surface area contributed by atoms with Crippen molar-refractivity contribution in [3.05, 3.63) is 18.3 Å². The van der Waals surface area contributed by atoms with Gasteiger partial charge >= 0.3 is 0 Å². The molecule has 0 aromatic carbocycles. The Morgan fingerprint density at radius 1 is 1.10 bits per heavy atom. The van der Waals surface area contributed by atoms with E-state index >= 15 is 0 Å². The number of hydrogen-bond acceptors (Lipinski definition) is 10. The number of carbonyl (C=O) groups is 1. The van der Waals surface area contributed by atoms with Crippen molar-refractivity contribution in [2.75, 3.05) is 61.3 Å². The molecule has 6 aliphatic rings. The lowest BCUT2D eigenvalue weighted by molar-refractivity contribution is -0.165. The highest BCUT2D eigenvalue weighted by Gasteiger charge is 2.62. The molecule has 3 bridgehead atoms. The number of nitrogens with zero attached hydrogens (tertiary/aromatic N) is 7. The van der Waals surface area contributed by atoms with E-state index in [2.05, 4.69) is 52.7 Å². The molecule has 1 amide bonds. The number of rotatable bonds is 8. The highest BCUT2D eigenvalue weighted by Crippen LogP contribution is 2.69. The number of likely N-dealkylation sites (N-methyl/N-ethyl adjacent to an activating group) is 1. The van der Waals surface area contributed by atoms with Crippen LogP contribution in [0.1, 0.15) is 58.3 Å². The van der Waals surface area contributed by atoms with E-state index in [0.29, 0.717) is 10.5 Å². The largest absolute Gasteiger partial charge is 0.355 e. The summed E-state index contributed by atoms with van der Waals surface area (Å²) in [5, 5.41) is 25.2. The summed E-state index contributed by atoms with van der Waals surface area (Å²) in [5.74, 6) is 1.86. The number of piperazine rings is 1. The number of amides is 1. The van der Waals surface area contributed by atoms with Gasteiger partial charge in [0.2, 0.25) is 16.2 Å². The lowest BCUT2D eigenvalue weighted by Gasteiger charge is -2.66. The predicted octanol–water partition coefficient (Wildman–Crippen LogP) is 3.32. The Balaban J connectivity index is 1.04. The van der Waals surface area contributed by atoms with Gasteiger partial charge < -0.3 is 15.1 Å². The van der Waals surface area contributed by atoms with Gasteiger partial charge in [0.25, 0.3) is 0 Å². The van der Waals surface area contributed by atoms with Crippen LogP contribution in [0.25, 0.3) is 0 Å². The van der Waals surface area contributed by atoms with Crippen molar-refractivity contribution >= 4 is 33.3 Å². The third kappa shape index (κ3) is 4.91. The van der Waals surface area contributed by atoms with Crippen LogP contribution in [0.15, 0.2) is 18.3 Å². The summed E-state index contributed by atoms with van der Waals surface area (Å²) in [6.45, 7) is 9.12. The van der Waals surface area contributed by atoms with E-state index in [9.17, 15) is 4.79 Å². The van der Waals surface area contributed by atoms with Gasteiger partial charge in [-0.3, -0.25) is 15.0 Å². The first kappa shape index (κ1) is 25.6. The summed E-state index contributed by atoms with van der Waals surface area (Å²) in [4.78, 5) is 21.4. The first-order chi connectivity index (χ1) is 19.0. The van der Waals surface area contributed by atoms with E-state index < -0.39 is 0 Å². The van der Waals surface area contributed by atoms with Gasteiger partial charge in [-0.2, -0.15) is 5.10 Å². The fourth-order valence-electron chi connectivity index (χ4n) is 8.89. The molecule has 2 saturated heterocycles. The van der Waals surface area contributed by atoms with Gasteiger partial charge in [0.15, 0.2) is 5.82 Å². The summed E-state index contributed by atoms with van der Waals surface area (Å²) in [5.41, 5.74) is 0.628. The topological polar surface area (TPSA) is 102 Å². The van der Waals surface area contributed by atoms with Crippen molar-refractivity contribution < 1.29 is 4.79 Å². The number of aromatic nitrogens is 4. The number of carbonyl (C=O) groups excluding carboxylic acids is 1. The Bertz CT molecular complexity index is 1160. The second-order valence-electron chi connectivity index (χ2n) is 12.8. The molecule has 1 spiro atoms. The predicted molar refractivity (Wildman–Crippen MR) is 153 cm³/mol. The van der Waals surface area contributed by atoms with Gasteiger partial charge in [0.1, 0.15) is 0 Å². The Morgan fingerprint density at radius 2 is 1.95 bits per heavy atom. The minimum Gasteiger partial charge on any atom is -0.355 e. The zero-order valence-corrected chi connectivity index (χ0v) is 23.8. The smallest absolute Gasteiger partial charge is 0.244 e. The maximum Gasteiger partial charge on any atom is 0.244 e. The molecular weight excluding hydrogens is 510 g/mol. The van der Waals surface area contributed by atoms with Crippen LogP contribution in [0.3, 0.4) is 0 Å². The van der Waals surface area contributed by atoms with E-state index in [1.807, 2.05) is 12.1 Å². The molecule has 210 valence electrons. The normalized spacial score (nSPS) is 33.4. The van der Waals surface area contributed by atoms with E-state index in [4.69, 9.17) is 0 Å². The molecule has 4 aliphatic carbocycles. The molecule has 0 radical (unpaired) electrons. The average molecular weight is 552 g/mol. The summed E-state index contributed by atoms with van der Waals surface area (Å²) < 4.78 is 0. The highest BCUT2D eigenvalue weighted by molar-refractivity contribution is 7.19. The molecule has 2 aliphatic heterocycles. The van der Waals surface area contributed by atoms with E-state index in [-0.39, 0.29) is 23.4 Å². The van der Waals surface area contributed by atoms with Gasteiger partial charge in [0, 0.05) is 51.5 Å². The third-order valence-corrected chi connectivity index (χ3v) is 11.1. The van der Waals surface area contributed by atoms with Crippen molar-refractivity contribution in [1.29, 1.82) is 0 Å². The Labute approximate surface area is 234 Å². The van der Waals surface area contributed by atoms with Crippen LogP contribution in [0.5, 0.6) is 0 Å². The lowest BCUT2D eigenvalue weighted by Crippen LogP contribution is -2.65. The van der Waals surface area contributed by atoms with Gasteiger partial charge in [-0.05, 0) is 80.4 Å². The zero-order valence-electron chi connectivity index (χ0n) is 23.0. The van der Waals surface area contributed by atoms with Crippen LogP contribution in [0, 0.1) is 16.7 Å².